The second-order valence-corrected chi connectivity index (χ2v) is 12.3. The Morgan fingerprint density at radius 1 is 0.689 bits per heavy atom. The molecule has 1 N–H and O–H groups in total. The molecule has 0 saturated heterocycles. The lowest BCUT2D eigenvalue weighted by atomic mass is 9.87. The summed E-state index contributed by atoms with van der Waals surface area (Å²) in [5.41, 5.74) is 6.95. The van der Waals surface area contributed by atoms with E-state index >= 15 is 0 Å². The maximum absolute atomic E-state index is 10.7. The molecule has 2 atom stereocenters. The normalized spacial score (nSPS) is 19.4. The van der Waals surface area contributed by atoms with Gasteiger partial charge in [-0.2, -0.15) is 0 Å². The van der Waals surface area contributed by atoms with Crippen molar-refractivity contribution < 1.29 is 28.8 Å². The maximum Gasteiger partial charge on any atom is 0.204 e. The molecule has 2 unspecified atom stereocenters. The van der Waals surface area contributed by atoms with Crippen LogP contribution in [0.1, 0.15) is 45.5 Å². The zero-order valence-electron chi connectivity index (χ0n) is 26.6. The smallest absolute Gasteiger partial charge is 0.204 e. The topological polar surface area (TPSA) is 72.9 Å². The van der Waals surface area contributed by atoms with E-state index < -0.39 is 0 Å². The molecule has 4 aromatic rings. The van der Waals surface area contributed by atoms with Crippen molar-refractivity contribution >= 4 is 0 Å². The van der Waals surface area contributed by atoms with Crippen molar-refractivity contribution in [3.63, 3.8) is 0 Å². The average molecular weight is 609 g/mol. The molecule has 0 aliphatic carbocycles. The van der Waals surface area contributed by atoms with Gasteiger partial charge < -0.3 is 28.8 Å². The van der Waals surface area contributed by atoms with Crippen LogP contribution in [-0.2, 0) is 25.7 Å². The first-order valence-corrected chi connectivity index (χ1v) is 15.5. The predicted molar refractivity (Wildman–Crippen MR) is 173 cm³/mol. The van der Waals surface area contributed by atoms with Crippen LogP contribution in [0.4, 0.5) is 0 Å². The van der Waals surface area contributed by atoms with Crippen molar-refractivity contribution in [2.75, 3.05) is 48.5 Å². The van der Waals surface area contributed by atoms with E-state index in [1.165, 1.54) is 16.7 Å². The Kier molecular flexibility index (Phi) is 7.71. The first kappa shape index (κ1) is 29.3. The monoisotopic (exact) mass is 608 g/mol. The molecular weight excluding hydrogens is 568 g/mol. The molecule has 8 nitrogen and oxygen atoms in total. The molecule has 0 radical (unpaired) electrons. The Hall–Kier alpha value is -4.40. The van der Waals surface area contributed by atoms with Crippen molar-refractivity contribution in [1.82, 2.24) is 9.80 Å². The van der Waals surface area contributed by atoms with Crippen molar-refractivity contribution in [3.05, 3.63) is 94.0 Å². The van der Waals surface area contributed by atoms with E-state index in [0.717, 1.165) is 55.5 Å². The minimum atomic E-state index is 0.0833. The maximum atomic E-state index is 10.7. The van der Waals surface area contributed by atoms with Gasteiger partial charge in [0.2, 0.25) is 5.75 Å². The van der Waals surface area contributed by atoms with Crippen LogP contribution < -0.4 is 23.7 Å². The third kappa shape index (κ3) is 5.32. The van der Waals surface area contributed by atoms with Gasteiger partial charge in [0.15, 0.2) is 34.5 Å². The first-order valence-electron chi connectivity index (χ1n) is 15.5. The summed E-state index contributed by atoms with van der Waals surface area (Å²) in [6, 6.07) is 20.3. The number of fused-ring (bicyclic) bond motifs is 2. The third-order valence-corrected chi connectivity index (χ3v) is 9.66. The van der Waals surface area contributed by atoms with Gasteiger partial charge in [-0.1, -0.05) is 18.2 Å². The molecule has 45 heavy (non-hydrogen) atoms. The highest BCUT2D eigenvalue weighted by Crippen LogP contribution is 2.51. The fraction of sp³-hybridized carbons (Fsp3) is 0.351. The van der Waals surface area contributed by atoms with Gasteiger partial charge in [0.25, 0.3) is 0 Å². The quantitative estimate of drug-likeness (QED) is 0.271. The van der Waals surface area contributed by atoms with E-state index in [1.807, 2.05) is 24.3 Å². The number of nitrogens with zero attached hydrogens (tertiary/aromatic N) is 2. The number of ether oxygens (including phenoxy) is 5. The summed E-state index contributed by atoms with van der Waals surface area (Å²) < 4.78 is 30.9. The summed E-state index contributed by atoms with van der Waals surface area (Å²) in [6.45, 7) is 1.79. The third-order valence-electron chi connectivity index (χ3n) is 9.66. The Morgan fingerprint density at radius 2 is 1.38 bits per heavy atom. The lowest BCUT2D eigenvalue weighted by molar-refractivity contribution is 0.224. The van der Waals surface area contributed by atoms with Gasteiger partial charge in [-0.25, -0.2) is 0 Å². The van der Waals surface area contributed by atoms with Crippen LogP contribution in [0.3, 0.4) is 0 Å². The van der Waals surface area contributed by atoms with Gasteiger partial charge in [0, 0.05) is 30.7 Å². The number of methoxy groups -OCH3 is 3. The molecule has 4 aliphatic rings. The standard InChI is InChI=1S/C37H40N2O6/c1-38-14-12-24-19-33(41-3)34-20-27(24)29(38)17-23-8-11-31(40)32(18-23)44-25-9-6-22(7-10-25)16-30-28-21-35(42-4)37(43-5)36(45-34)26(28)13-15-39(30)2/h6-11,18-21,29-30,40H,12-17H2,1-5H3. The van der Waals surface area contributed by atoms with Gasteiger partial charge in [0.1, 0.15) is 5.75 Å². The van der Waals surface area contributed by atoms with Crippen molar-refractivity contribution in [3.8, 4) is 46.0 Å². The molecule has 0 amide bonds. The van der Waals surface area contributed by atoms with Crippen molar-refractivity contribution in [2.45, 2.75) is 37.8 Å². The van der Waals surface area contributed by atoms with Crippen molar-refractivity contribution in [1.29, 1.82) is 0 Å². The van der Waals surface area contributed by atoms with Crippen LogP contribution in [0.5, 0.6) is 46.0 Å². The number of rotatable bonds is 3. The van der Waals surface area contributed by atoms with Crippen LogP contribution in [0.15, 0.2) is 60.7 Å². The van der Waals surface area contributed by atoms with Crippen LogP contribution in [0.2, 0.25) is 0 Å². The molecule has 8 heteroatoms. The lowest BCUT2D eigenvalue weighted by Crippen LogP contribution is -2.34. The number of phenolic OH excluding ortho intramolecular Hbond substituents is 1. The highest BCUT2D eigenvalue weighted by atomic mass is 16.5. The number of hydrogen-bond acceptors (Lipinski definition) is 8. The zero-order valence-corrected chi connectivity index (χ0v) is 26.6. The van der Waals surface area contributed by atoms with Crippen LogP contribution in [0.25, 0.3) is 0 Å². The van der Waals surface area contributed by atoms with E-state index in [0.29, 0.717) is 40.2 Å². The SMILES string of the molecule is COc1cc2c3cc1Oc1c4c(cc(OC)c1OC)C(Cc1ccc(cc1)Oc1cc(ccc1O)CC3N(C)CC2)N(C)CC4. The molecule has 0 fully saturated rings. The number of likely N-dealkylation sites (N-methyl/N-ethyl adjacent to an activating group) is 2. The van der Waals surface area contributed by atoms with E-state index in [9.17, 15) is 5.11 Å². The summed E-state index contributed by atoms with van der Waals surface area (Å²) in [7, 11) is 9.34. The van der Waals surface area contributed by atoms with E-state index in [4.69, 9.17) is 23.7 Å². The molecule has 4 aliphatic heterocycles. The minimum Gasteiger partial charge on any atom is -0.504 e. The number of hydrogen-bond donors (Lipinski definition) is 1. The summed E-state index contributed by atoms with van der Waals surface area (Å²) in [4.78, 5) is 4.76. The van der Waals surface area contributed by atoms with Crippen LogP contribution in [0, 0.1) is 0 Å². The second-order valence-electron chi connectivity index (χ2n) is 12.3. The van der Waals surface area contributed by atoms with Gasteiger partial charge in [-0.3, -0.25) is 9.80 Å². The minimum absolute atomic E-state index is 0.0833. The largest absolute Gasteiger partial charge is 0.504 e. The Labute approximate surface area is 264 Å². The van der Waals surface area contributed by atoms with Gasteiger partial charge in [-0.05, 0) is 110 Å². The number of phenols is 1. The predicted octanol–water partition coefficient (Wildman–Crippen LogP) is 6.86. The van der Waals surface area contributed by atoms with Crippen LogP contribution in [-0.4, -0.2) is 63.4 Å². The van der Waals surface area contributed by atoms with E-state index in [-0.39, 0.29) is 17.8 Å². The summed E-state index contributed by atoms with van der Waals surface area (Å²) in [6.07, 6.45) is 3.24. The molecule has 10 bridgehead atoms. The number of aromatic hydroxyl groups is 1. The number of benzene rings is 4. The summed E-state index contributed by atoms with van der Waals surface area (Å²) in [5.74, 6) is 4.46. The zero-order chi connectivity index (χ0) is 31.2. The molecule has 4 heterocycles. The molecule has 8 rings (SSSR count). The Morgan fingerprint density at radius 3 is 2.11 bits per heavy atom. The Bertz CT molecular complexity index is 1740. The average Bonchev–Trinajstić information content (AvgIpc) is 3.05. The fourth-order valence-electron chi connectivity index (χ4n) is 7.11. The highest BCUT2D eigenvalue weighted by molar-refractivity contribution is 5.63. The van der Waals surface area contributed by atoms with Crippen LogP contribution >= 0.6 is 0 Å². The van der Waals surface area contributed by atoms with E-state index in [2.05, 4.69) is 54.2 Å². The Balaban J connectivity index is 1.45. The molecule has 0 spiro atoms. The van der Waals surface area contributed by atoms with Crippen molar-refractivity contribution in [2.24, 2.45) is 0 Å². The molecular formula is C37H40N2O6. The molecule has 234 valence electrons. The van der Waals surface area contributed by atoms with Gasteiger partial charge >= 0.3 is 0 Å². The molecule has 0 aromatic heterocycles. The molecule has 0 saturated carbocycles. The highest BCUT2D eigenvalue weighted by Gasteiger charge is 2.33. The van der Waals surface area contributed by atoms with Gasteiger partial charge in [-0.15, -0.1) is 0 Å². The summed E-state index contributed by atoms with van der Waals surface area (Å²) in [5, 5.41) is 10.7. The van der Waals surface area contributed by atoms with E-state index in [1.54, 1.807) is 27.4 Å². The lowest BCUT2D eigenvalue weighted by Gasteiger charge is -2.37. The summed E-state index contributed by atoms with van der Waals surface area (Å²) >= 11 is 0. The first-order chi connectivity index (χ1) is 21.9. The fourth-order valence-corrected chi connectivity index (χ4v) is 7.11. The molecule has 4 aromatic carbocycles. The second kappa shape index (κ2) is 11.8. The van der Waals surface area contributed by atoms with Gasteiger partial charge in [0.05, 0.1) is 21.3 Å².